The zero-order valence-corrected chi connectivity index (χ0v) is 13.9. The lowest BCUT2D eigenvalue weighted by Crippen LogP contribution is -2.31. The molecule has 3 heteroatoms. The van der Waals surface area contributed by atoms with Crippen molar-refractivity contribution in [3.05, 3.63) is 29.8 Å². The molecule has 0 spiro atoms. The molecule has 1 atom stereocenters. The van der Waals surface area contributed by atoms with E-state index < -0.39 is 0 Å². The maximum Gasteiger partial charge on any atom is 0.0364 e. The van der Waals surface area contributed by atoms with E-state index in [0.29, 0.717) is 6.04 Å². The largest absolute Gasteiger partial charge is 0.373 e. The van der Waals surface area contributed by atoms with Crippen LogP contribution in [0.3, 0.4) is 0 Å². The molecule has 1 unspecified atom stereocenters. The molecular weight excluding hydrogens is 258 g/mol. The highest BCUT2D eigenvalue weighted by Gasteiger charge is 2.12. The van der Waals surface area contributed by atoms with E-state index in [1.165, 1.54) is 43.7 Å². The number of anilines is 1. The minimum absolute atomic E-state index is 0.485. The molecule has 21 heavy (non-hydrogen) atoms. The van der Waals surface area contributed by atoms with Gasteiger partial charge in [0.05, 0.1) is 0 Å². The molecular formula is C18H31N3. The number of rotatable bonds is 8. The topological polar surface area (TPSA) is 18.5 Å². The number of nitrogens with one attached hydrogen (secondary N) is 1. The number of benzene rings is 1. The van der Waals surface area contributed by atoms with Crippen LogP contribution in [0.5, 0.6) is 0 Å². The lowest BCUT2D eigenvalue weighted by atomic mass is 10.0. The Hall–Kier alpha value is -1.06. The van der Waals surface area contributed by atoms with E-state index in [4.69, 9.17) is 0 Å². The molecule has 0 bridgehead atoms. The Morgan fingerprint density at radius 2 is 1.81 bits per heavy atom. The summed E-state index contributed by atoms with van der Waals surface area (Å²) in [5.41, 5.74) is 2.72. The number of likely N-dealkylation sites (tertiary alicyclic amines) is 1. The van der Waals surface area contributed by atoms with Gasteiger partial charge in [0.15, 0.2) is 0 Å². The molecule has 0 amide bonds. The molecule has 1 aromatic rings. The summed E-state index contributed by atoms with van der Waals surface area (Å²) in [6, 6.07) is 9.56. The van der Waals surface area contributed by atoms with Gasteiger partial charge in [0, 0.05) is 31.9 Å². The molecule has 3 nitrogen and oxygen atoms in total. The van der Waals surface area contributed by atoms with Crippen LogP contribution in [0.2, 0.25) is 0 Å². The van der Waals surface area contributed by atoms with E-state index in [1.54, 1.807) is 0 Å². The quantitative estimate of drug-likeness (QED) is 0.792. The van der Waals surface area contributed by atoms with Crippen LogP contribution in [0.25, 0.3) is 0 Å². The molecule has 1 aliphatic rings. The van der Waals surface area contributed by atoms with Crippen LogP contribution in [-0.2, 0) is 0 Å². The molecule has 0 aliphatic carbocycles. The molecule has 0 saturated carbocycles. The summed E-state index contributed by atoms with van der Waals surface area (Å²) in [5.74, 6) is 0. The molecule has 1 N–H and O–H groups in total. The molecule has 2 rings (SSSR count). The number of nitrogens with zero attached hydrogens (tertiary/aromatic N) is 2. The maximum atomic E-state index is 3.54. The van der Waals surface area contributed by atoms with Gasteiger partial charge in [-0.1, -0.05) is 26.0 Å². The molecule has 1 saturated heterocycles. The first kappa shape index (κ1) is 16.3. The van der Waals surface area contributed by atoms with E-state index in [-0.39, 0.29) is 0 Å². The van der Waals surface area contributed by atoms with Gasteiger partial charge in [0.25, 0.3) is 0 Å². The average molecular weight is 289 g/mol. The normalized spacial score (nSPS) is 17.1. The first-order valence-corrected chi connectivity index (χ1v) is 8.51. The van der Waals surface area contributed by atoms with Crippen LogP contribution in [-0.4, -0.2) is 44.7 Å². The Morgan fingerprint density at radius 3 is 2.38 bits per heavy atom. The summed E-state index contributed by atoms with van der Waals surface area (Å²) in [4.78, 5) is 4.94. The third-order valence-corrected chi connectivity index (χ3v) is 4.55. The third-order valence-electron chi connectivity index (χ3n) is 4.55. The van der Waals surface area contributed by atoms with E-state index in [0.717, 1.165) is 19.5 Å². The second kappa shape index (κ2) is 8.40. The van der Waals surface area contributed by atoms with Crippen molar-refractivity contribution in [2.75, 3.05) is 44.7 Å². The van der Waals surface area contributed by atoms with Gasteiger partial charge in [-0.2, -0.15) is 0 Å². The predicted molar refractivity (Wildman–Crippen MR) is 92.1 cm³/mol. The van der Waals surface area contributed by atoms with Crippen molar-refractivity contribution < 1.29 is 0 Å². The van der Waals surface area contributed by atoms with Gasteiger partial charge in [-0.15, -0.1) is 0 Å². The van der Waals surface area contributed by atoms with Gasteiger partial charge >= 0.3 is 0 Å². The van der Waals surface area contributed by atoms with Crippen molar-refractivity contribution in [1.29, 1.82) is 0 Å². The average Bonchev–Trinajstić information content (AvgIpc) is 3.04. The molecule has 118 valence electrons. The third kappa shape index (κ3) is 4.72. The lowest BCUT2D eigenvalue weighted by Gasteiger charge is -2.24. The fourth-order valence-electron chi connectivity index (χ4n) is 3.13. The summed E-state index contributed by atoms with van der Waals surface area (Å²) in [7, 11) is 2.20. The molecule has 0 radical (unpaired) electrons. The summed E-state index contributed by atoms with van der Waals surface area (Å²) < 4.78 is 0. The van der Waals surface area contributed by atoms with E-state index >= 15 is 0 Å². The summed E-state index contributed by atoms with van der Waals surface area (Å²) >= 11 is 0. The van der Waals surface area contributed by atoms with E-state index in [2.05, 4.69) is 60.3 Å². The maximum absolute atomic E-state index is 3.54. The van der Waals surface area contributed by atoms with Crippen LogP contribution < -0.4 is 10.2 Å². The molecule has 1 fully saturated rings. The van der Waals surface area contributed by atoms with Crippen LogP contribution in [0.4, 0.5) is 5.69 Å². The van der Waals surface area contributed by atoms with Gasteiger partial charge in [-0.3, -0.25) is 0 Å². The minimum atomic E-state index is 0.485. The van der Waals surface area contributed by atoms with Crippen molar-refractivity contribution in [3.8, 4) is 0 Å². The smallest absolute Gasteiger partial charge is 0.0364 e. The lowest BCUT2D eigenvalue weighted by molar-refractivity contribution is 0.346. The fraction of sp³-hybridized carbons (Fsp3) is 0.667. The second-order valence-electron chi connectivity index (χ2n) is 6.08. The van der Waals surface area contributed by atoms with Crippen molar-refractivity contribution in [1.82, 2.24) is 10.2 Å². The van der Waals surface area contributed by atoms with Gasteiger partial charge < -0.3 is 15.1 Å². The van der Waals surface area contributed by atoms with Gasteiger partial charge in [-0.05, 0) is 56.6 Å². The summed E-state index contributed by atoms with van der Waals surface area (Å²) in [5, 5.41) is 3.54. The van der Waals surface area contributed by atoms with E-state index in [9.17, 15) is 0 Å². The predicted octanol–water partition coefficient (Wildman–Crippen LogP) is 3.28. The summed E-state index contributed by atoms with van der Waals surface area (Å²) in [6.07, 6.45) is 3.89. The van der Waals surface area contributed by atoms with Gasteiger partial charge in [0.2, 0.25) is 0 Å². The zero-order chi connectivity index (χ0) is 15.1. The monoisotopic (exact) mass is 289 g/mol. The van der Waals surface area contributed by atoms with Crippen molar-refractivity contribution >= 4 is 5.69 Å². The Morgan fingerprint density at radius 1 is 1.14 bits per heavy atom. The second-order valence-corrected chi connectivity index (χ2v) is 6.08. The number of likely N-dealkylation sites (N-methyl/N-ethyl adjacent to an activating group) is 1. The Balaban J connectivity index is 1.87. The Labute approximate surface area is 130 Å². The van der Waals surface area contributed by atoms with Crippen LogP contribution in [0, 0.1) is 0 Å². The SMILES string of the molecule is CCNC(CC)c1ccc(N(C)CCN2CCCC2)cc1. The minimum Gasteiger partial charge on any atom is -0.373 e. The number of hydrogen-bond acceptors (Lipinski definition) is 3. The highest BCUT2D eigenvalue weighted by molar-refractivity contribution is 5.47. The highest BCUT2D eigenvalue weighted by Crippen LogP contribution is 2.20. The molecule has 1 aromatic carbocycles. The zero-order valence-electron chi connectivity index (χ0n) is 13.9. The van der Waals surface area contributed by atoms with Crippen molar-refractivity contribution in [2.24, 2.45) is 0 Å². The van der Waals surface area contributed by atoms with Crippen molar-refractivity contribution in [2.45, 2.75) is 39.2 Å². The first-order chi connectivity index (χ1) is 10.2. The summed E-state index contributed by atoms with van der Waals surface area (Å²) in [6.45, 7) is 10.3. The van der Waals surface area contributed by atoms with E-state index in [1.807, 2.05) is 0 Å². The standard InChI is InChI=1S/C18H31N3/c1-4-18(19-5-2)16-8-10-17(11-9-16)20(3)14-15-21-12-6-7-13-21/h8-11,18-19H,4-7,12-15H2,1-3H3. The Bertz CT molecular complexity index is 395. The van der Waals surface area contributed by atoms with Crippen LogP contribution in [0.15, 0.2) is 24.3 Å². The van der Waals surface area contributed by atoms with Gasteiger partial charge in [-0.25, -0.2) is 0 Å². The molecule has 0 aromatic heterocycles. The Kier molecular flexibility index (Phi) is 6.52. The van der Waals surface area contributed by atoms with Gasteiger partial charge in [0.1, 0.15) is 0 Å². The highest BCUT2D eigenvalue weighted by atomic mass is 15.2. The van der Waals surface area contributed by atoms with Crippen LogP contribution >= 0.6 is 0 Å². The molecule has 1 heterocycles. The first-order valence-electron chi connectivity index (χ1n) is 8.51. The fourth-order valence-corrected chi connectivity index (χ4v) is 3.13. The van der Waals surface area contributed by atoms with Crippen molar-refractivity contribution in [3.63, 3.8) is 0 Å². The van der Waals surface area contributed by atoms with Crippen LogP contribution in [0.1, 0.15) is 44.7 Å². The molecule has 1 aliphatic heterocycles. The number of hydrogen-bond donors (Lipinski definition) is 1.